The maximum absolute atomic E-state index is 12.5. The lowest BCUT2D eigenvalue weighted by Crippen LogP contribution is -2.28. The summed E-state index contributed by atoms with van der Waals surface area (Å²) in [6, 6.07) is 0. The highest BCUT2D eigenvalue weighted by Crippen LogP contribution is 2.29. The van der Waals surface area contributed by atoms with Gasteiger partial charge in [-0.2, -0.15) is 8.78 Å². The molecule has 0 heterocycles. The largest absolute Gasteiger partial charge is 0.300 e. The Morgan fingerprint density at radius 1 is 1.58 bits per heavy atom. The van der Waals surface area contributed by atoms with Crippen molar-refractivity contribution >= 4 is 16.8 Å². The number of alkyl halides is 3. The zero-order valence-corrected chi connectivity index (χ0v) is 6.49. The second-order valence-corrected chi connectivity index (χ2v) is 2.65. The van der Waals surface area contributed by atoms with Crippen LogP contribution in [0.15, 0.2) is 23.8 Å². The molecule has 66 valence electrons. The molecule has 12 heavy (non-hydrogen) atoms. The van der Waals surface area contributed by atoms with Crippen LogP contribution in [0.3, 0.4) is 0 Å². The highest BCUT2D eigenvalue weighted by molar-refractivity contribution is 6.68. The summed E-state index contributed by atoms with van der Waals surface area (Å²) < 4.78 is 37.2. The third-order valence-corrected chi connectivity index (χ3v) is 1.62. The van der Waals surface area contributed by atoms with Crippen molar-refractivity contribution in [3.63, 3.8) is 0 Å². The average molecular weight is 197 g/mol. The van der Waals surface area contributed by atoms with Crippen molar-refractivity contribution in [1.82, 2.24) is 0 Å². The maximum Gasteiger partial charge on any atom is 0.300 e. The fourth-order valence-electron chi connectivity index (χ4n) is 0.748. The van der Waals surface area contributed by atoms with Crippen LogP contribution in [0.2, 0.25) is 0 Å². The summed E-state index contributed by atoms with van der Waals surface area (Å²) in [5.41, 5.74) is -0.241. The van der Waals surface area contributed by atoms with Gasteiger partial charge >= 0.3 is 5.92 Å². The summed E-state index contributed by atoms with van der Waals surface area (Å²) in [5.74, 6) is -3.53. The summed E-state index contributed by atoms with van der Waals surface area (Å²) in [4.78, 5) is 10.4. The lowest BCUT2D eigenvalue weighted by molar-refractivity contribution is -0.108. The Labute approximate surface area is 71.5 Å². The van der Waals surface area contributed by atoms with Gasteiger partial charge in [-0.15, -0.1) is 0 Å². The van der Waals surface area contributed by atoms with Gasteiger partial charge < -0.3 is 0 Å². The van der Waals surface area contributed by atoms with Crippen molar-refractivity contribution in [2.24, 2.45) is 0 Å². The Bertz CT molecular complexity index is 270. The van der Waals surface area contributed by atoms with Crippen LogP contribution in [0.25, 0.3) is 0 Å². The third-order valence-electron chi connectivity index (χ3n) is 1.41. The topological polar surface area (TPSA) is 17.1 Å². The second-order valence-electron chi connectivity index (χ2n) is 2.31. The van der Waals surface area contributed by atoms with Crippen LogP contribution in [0.1, 0.15) is 0 Å². The van der Waals surface area contributed by atoms with E-state index >= 15 is 0 Å². The molecular formula is C7H4ClF3O. The first-order chi connectivity index (χ1) is 5.43. The number of carbonyl (C=O) groups is 1. The van der Waals surface area contributed by atoms with Crippen LogP contribution >= 0.6 is 11.6 Å². The Morgan fingerprint density at radius 2 is 2.17 bits per heavy atom. The number of allylic oxidation sites excluding steroid dienone is 4. The minimum Gasteiger partial charge on any atom is -0.276 e. The molecule has 0 spiro atoms. The summed E-state index contributed by atoms with van der Waals surface area (Å²) in [6.07, 6.45) is -0.825. The molecule has 0 saturated carbocycles. The van der Waals surface area contributed by atoms with Gasteiger partial charge in [-0.05, 0) is 29.8 Å². The molecule has 1 nitrogen and oxygen atoms in total. The highest BCUT2D eigenvalue weighted by atomic mass is 35.5. The SMILES string of the molecule is O=C(Cl)C1=CC(F)C(F)(F)C=C1. The molecule has 0 radical (unpaired) electrons. The van der Waals surface area contributed by atoms with Crippen molar-refractivity contribution in [2.45, 2.75) is 12.1 Å². The third kappa shape index (κ3) is 1.69. The molecule has 5 heteroatoms. The van der Waals surface area contributed by atoms with Crippen molar-refractivity contribution in [3.8, 4) is 0 Å². The molecule has 0 saturated heterocycles. The van der Waals surface area contributed by atoms with E-state index in [4.69, 9.17) is 11.6 Å². The summed E-state index contributed by atoms with van der Waals surface area (Å²) in [5, 5.41) is -0.940. The Morgan fingerprint density at radius 3 is 2.58 bits per heavy atom. The van der Waals surface area contributed by atoms with Gasteiger partial charge in [-0.25, -0.2) is 4.39 Å². The first-order valence-corrected chi connectivity index (χ1v) is 3.44. The van der Waals surface area contributed by atoms with Gasteiger partial charge in [-0.1, -0.05) is 0 Å². The molecule has 1 unspecified atom stereocenters. The monoisotopic (exact) mass is 196 g/mol. The number of carbonyl (C=O) groups excluding carboxylic acids is 1. The zero-order chi connectivity index (χ0) is 9.35. The zero-order valence-electron chi connectivity index (χ0n) is 5.73. The second kappa shape index (κ2) is 2.94. The van der Waals surface area contributed by atoms with Crippen LogP contribution in [-0.4, -0.2) is 17.3 Å². The van der Waals surface area contributed by atoms with Gasteiger partial charge in [0, 0.05) is 5.57 Å². The lowest BCUT2D eigenvalue weighted by atomic mass is 10.0. The maximum atomic E-state index is 12.5. The molecule has 0 aromatic rings. The summed E-state index contributed by atoms with van der Waals surface area (Å²) >= 11 is 4.95. The Kier molecular flexibility index (Phi) is 2.28. The molecule has 0 fully saturated rings. The summed E-state index contributed by atoms with van der Waals surface area (Å²) in [6.45, 7) is 0. The van der Waals surface area contributed by atoms with Crippen LogP contribution in [0.5, 0.6) is 0 Å². The van der Waals surface area contributed by atoms with Crippen molar-refractivity contribution in [3.05, 3.63) is 23.8 Å². The molecule has 1 atom stereocenters. The number of rotatable bonds is 1. The highest BCUT2D eigenvalue weighted by Gasteiger charge is 2.38. The first-order valence-electron chi connectivity index (χ1n) is 3.06. The van der Waals surface area contributed by atoms with Crippen LogP contribution in [0.4, 0.5) is 13.2 Å². The number of hydrogen-bond donors (Lipinski definition) is 0. The van der Waals surface area contributed by atoms with E-state index in [2.05, 4.69) is 0 Å². The van der Waals surface area contributed by atoms with Gasteiger partial charge in [0.2, 0.25) is 0 Å². The quantitative estimate of drug-likeness (QED) is 0.588. The van der Waals surface area contributed by atoms with Gasteiger partial charge in [0.25, 0.3) is 5.24 Å². The molecule has 0 aromatic heterocycles. The minimum atomic E-state index is -3.53. The Balaban J connectivity index is 2.91. The summed E-state index contributed by atoms with van der Waals surface area (Å²) in [7, 11) is 0. The van der Waals surface area contributed by atoms with E-state index in [0.29, 0.717) is 12.2 Å². The molecule has 0 bridgehead atoms. The van der Waals surface area contributed by atoms with Crippen molar-refractivity contribution < 1.29 is 18.0 Å². The molecule has 0 amide bonds. The van der Waals surface area contributed by atoms with Crippen molar-refractivity contribution in [1.29, 1.82) is 0 Å². The van der Waals surface area contributed by atoms with Gasteiger partial charge in [0.05, 0.1) is 0 Å². The molecule has 1 rings (SSSR count). The fourth-order valence-corrected chi connectivity index (χ4v) is 0.874. The fraction of sp³-hybridized carbons (Fsp3) is 0.286. The molecule has 1 aliphatic rings. The Hall–Kier alpha value is -0.770. The predicted octanol–water partition coefficient (Wildman–Crippen LogP) is 2.22. The molecular weight excluding hydrogens is 193 g/mol. The van der Waals surface area contributed by atoms with Crippen molar-refractivity contribution in [2.75, 3.05) is 0 Å². The number of hydrogen-bond acceptors (Lipinski definition) is 1. The molecule has 0 aromatic carbocycles. The lowest BCUT2D eigenvalue weighted by Gasteiger charge is -2.17. The van der Waals surface area contributed by atoms with Crippen LogP contribution < -0.4 is 0 Å². The van der Waals surface area contributed by atoms with Gasteiger partial charge in [0.1, 0.15) is 0 Å². The van der Waals surface area contributed by atoms with E-state index in [1.807, 2.05) is 0 Å². The predicted molar refractivity (Wildman–Crippen MR) is 37.9 cm³/mol. The van der Waals surface area contributed by atoms with E-state index < -0.39 is 17.3 Å². The normalized spacial score (nSPS) is 26.7. The van der Waals surface area contributed by atoms with E-state index in [1.165, 1.54) is 0 Å². The molecule has 0 aliphatic heterocycles. The standard InChI is InChI=1S/C7H4ClF3O/c8-6(12)4-1-2-7(10,11)5(9)3-4/h1-3,5H. The number of halogens is 4. The first kappa shape index (κ1) is 9.32. The van der Waals surface area contributed by atoms with Gasteiger partial charge in [-0.3, -0.25) is 4.79 Å². The van der Waals surface area contributed by atoms with E-state index in [0.717, 1.165) is 6.08 Å². The average Bonchev–Trinajstić information content (AvgIpc) is 1.94. The van der Waals surface area contributed by atoms with Crippen LogP contribution in [0, 0.1) is 0 Å². The van der Waals surface area contributed by atoms with E-state index in [-0.39, 0.29) is 5.57 Å². The van der Waals surface area contributed by atoms with E-state index in [1.54, 1.807) is 0 Å². The van der Waals surface area contributed by atoms with E-state index in [9.17, 15) is 18.0 Å². The molecule has 0 N–H and O–H groups in total. The molecule has 1 aliphatic carbocycles. The minimum absolute atomic E-state index is 0.241. The van der Waals surface area contributed by atoms with Crippen LogP contribution in [-0.2, 0) is 4.79 Å². The smallest absolute Gasteiger partial charge is 0.276 e. The van der Waals surface area contributed by atoms with Gasteiger partial charge in [0.15, 0.2) is 6.17 Å².